The molecule has 1 heterocycles. The van der Waals surface area contributed by atoms with Crippen LogP contribution in [0.4, 0.5) is 0 Å². The van der Waals surface area contributed by atoms with E-state index in [-0.39, 0.29) is 17.7 Å². The minimum absolute atomic E-state index is 0.193. The van der Waals surface area contributed by atoms with E-state index in [2.05, 4.69) is 6.58 Å². The van der Waals surface area contributed by atoms with E-state index in [0.717, 1.165) is 0 Å². The lowest BCUT2D eigenvalue weighted by molar-refractivity contribution is -0.146. The number of ether oxygens (including phenoxy) is 2. The summed E-state index contributed by atoms with van der Waals surface area (Å²) in [5.74, 6) is -0.348. The Morgan fingerprint density at radius 2 is 2.25 bits per heavy atom. The van der Waals surface area contributed by atoms with Crippen LogP contribution < -0.4 is 0 Å². The third-order valence-electron chi connectivity index (χ3n) is 2.09. The molecule has 1 saturated heterocycles. The molecule has 0 radical (unpaired) electrons. The molecule has 0 spiro atoms. The van der Waals surface area contributed by atoms with Crippen LogP contribution in [0.15, 0.2) is 12.2 Å². The second-order valence-corrected chi connectivity index (χ2v) is 3.43. The van der Waals surface area contributed by atoms with Crippen LogP contribution in [-0.4, -0.2) is 24.3 Å². The Kier molecular flexibility index (Phi) is 2.24. The molecule has 3 nitrogen and oxygen atoms in total. The molecule has 3 heteroatoms. The summed E-state index contributed by atoms with van der Waals surface area (Å²) < 4.78 is 10.2. The maximum Gasteiger partial charge on any atom is 0.333 e. The van der Waals surface area contributed by atoms with E-state index in [1.165, 1.54) is 0 Å². The lowest BCUT2D eigenvalue weighted by atomic mass is 10.1. The molecule has 0 bridgehead atoms. The van der Waals surface area contributed by atoms with Crippen molar-refractivity contribution in [2.45, 2.75) is 32.5 Å². The van der Waals surface area contributed by atoms with E-state index in [9.17, 15) is 4.79 Å². The SMILES string of the molecule is C=C(C)C(=O)OC(C)C1(C)CO1. The predicted molar refractivity (Wildman–Crippen MR) is 44.7 cm³/mol. The zero-order chi connectivity index (χ0) is 9.35. The molecular formula is C9H14O3. The number of carbonyl (C=O) groups is 1. The molecule has 2 unspecified atom stereocenters. The van der Waals surface area contributed by atoms with Crippen LogP contribution in [0.25, 0.3) is 0 Å². The van der Waals surface area contributed by atoms with Crippen molar-refractivity contribution in [2.24, 2.45) is 0 Å². The van der Waals surface area contributed by atoms with E-state index in [4.69, 9.17) is 9.47 Å². The maximum atomic E-state index is 11.1. The highest BCUT2D eigenvalue weighted by molar-refractivity contribution is 5.87. The van der Waals surface area contributed by atoms with Crippen LogP contribution in [0, 0.1) is 0 Å². The van der Waals surface area contributed by atoms with Crippen LogP contribution in [-0.2, 0) is 14.3 Å². The summed E-state index contributed by atoms with van der Waals surface area (Å²) in [5, 5.41) is 0. The molecule has 0 saturated carbocycles. The van der Waals surface area contributed by atoms with E-state index >= 15 is 0 Å². The second-order valence-electron chi connectivity index (χ2n) is 3.43. The first-order valence-electron chi connectivity index (χ1n) is 3.96. The molecule has 0 aromatic carbocycles. The van der Waals surface area contributed by atoms with Gasteiger partial charge in [0.1, 0.15) is 11.7 Å². The largest absolute Gasteiger partial charge is 0.456 e. The van der Waals surface area contributed by atoms with Crippen LogP contribution in [0.5, 0.6) is 0 Å². The third-order valence-corrected chi connectivity index (χ3v) is 2.09. The van der Waals surface area contributed by atoms with Gasteiger partial charge in [-0.2, -0.15) is 0 Å². The maximum absolute atomic E-state index is 11.1. The van der Waals surface area contributed by atoms with Crippen LogP contribution in [0.2, 0.25) is 0 Å². The van der Waals surface area contributed by atoms with Crippen molar-refractivity contribution >= 4 is 5.97 Å². The van der Waals surface area contributed by atoms with Gasteiger partial charge >= 0.3 is 5.97 Å². The lowest BCUT2D eigenvalue weighted by Crippen LogP contribution is -2.29. The Labute approximate surface area is 72.4 Å². The Morgan fingerprint density at radius 3 is 2.58 bits per heavy atom. The van der Waals surface area contributed by atoms with Gasteiger partial charge in [-0.1, -0.05) is 6.58 Å². The molecule has 0 aromatic rings. The van der Waals surface area contributed by atoms with E-state index in [1.54, 1.807) is 6.92 Å². The summed E-state index contributed by atoms with van der Waals surface area (Å²) in [6.45, 7) is 9.54. The van der Waals surface area contributed by atoms with Gasteiger partial charge in [0, 0.05) is 5.57 Å². The molecular weight excluding hydrogens is 156 g/mol. The van der Waals surface area contributed by atoms with Crippen LogP contribution in [0.3, 0.4) is 0 Å². The summed E-state index contributed by atoms with van der Waals surface area (Å²) in [7, 11) is 0. The van der Waals surface area contributed by atoms with Crippen molar-refractivity contribution < 1.29 is 14.3 Å². The van der Waals surface area contributed by atoms with Crippen molar-refractivity contribution in [3.8, 4) is 0 Å². The summed E-state index contributed by atoms with van der Waals surface area (Å²) in [5.41, 5.74) is 0.163. The van der Waals surface area contributed by atoms with Crippen molar-refractivity contribution in [1.82, 2.24) is 0 Å². The highest BCUT2D eigenvalue weighted by atomic mass is 16.6. The number of hydrogen-bond acceptors (Lipinski definition) is 3. The first-order valence-corrected chi connectivity index (χ1v) is 3.96. The fraction of sp³-hybridized carbons (Fsp3) is 0.667. The monoisotopic (exact) mass is 170 g/mol. The summed E-state index contributed by atoms with van der Waals surface area (Å²) in [6.07, 6.45) is -0.193. The van der Waals surface area contributed by atoms with Gasteiger partial charge in [0.25, 0.3) is 0 Å². The zero-order valence-corrected chi connectivity index (χ0v) is 7.72. The van der Waals surface area contributed by atoms with Crippen molar-refractivity contribution in [2.75, 3.05) is 6.61 Å². The Hall–Kier alpha value is -0.830. The van der Waals surface area contributed by atoms with Crippen molar-refractivity contribution in [3.63, 3.8) is 0 Å². The Morgan fingerprint density at radius 1 is 1.75 bits per heavy atom. The Bertz CT molecular complexity index is 216. The molecule has 12 heavy (non-hydrogen) atoms. The number of carbonyl (C=O) groups excluding carboxylic acids is 1. The number of rotatable bonds is 3. The fourth-order valence-corrected chi connectivity index (χ4v) is 0.734. The van der Waals surface area contributed by atoms with Gasteiger partial charge in [-0.3, -0.25) is 0 Å². The summed E-state index contributed by atoms with van der Waals surface area (Å²) >= 11 is 0. The first-order chi connectivity index (χ1) is 5.46. The van der Waals surface area contributed by atoms with Gasteiger partial charge in [0.05, 0.1) is 6.61 Å². The van der Waals surface area contributed by atoms with Gasteiger partial charge in [0.15, 0.2) is 0 Å². The lowest BCUT2D eigenvalue weighted by Gasteiger charge is -2.16. The topological polar surface area (TPSA) is 38.8 Å². The minimum atomic E-state index is -0.348. The number of hydrogen-bond donors (Lipinski definition) is 0. The van der Waals surface area contributed by atoms with Crippen molar-refractivity contribution in [3.05, 3.63) is 12.2 Å². The molecule has 68 valence electrons. The average Bonchev–Trinajstić information content (AvgIpc) is 2.69. The van der Waals surface area contributed by atoms with Gasteiger partial charge in [-0.25, -0.2) is 4.79 Å². The quantitative estimate of drug-likeness (QED) is 0.364. The van der Waals surface area contributed by atoms with Crippen LogP contribution >= 0.6 is 0 Å². The van der Waals surface area contributed by atoms with Gasteiger partial charge in [-0.15, -0.1) is 0 Å². The molecule has 1 aliphatic heterocycles. The van der Waals surface area contributed by atoms with Gasteiger partial charge in [0.2, 0.25) is 0 Å². The fourth-order valence-electron chi connectivity index (χ4n) is 0.734. The molecule has 0 amide bonds. The zero-order valence-electron chi connectivity index (χ0n) is 7.72. The highest BCUT2D eigenvalue weighted by Gasteiger charge is 2.47. The third kappa shape index (κ3) is 1.85. The summed E-state index contributed by atoms with van der Waals surface area (Å²) in [6, 6.07) is 0. The number of esters is 1. The molecule has 0 aromatic heterocycles. The summed E-state index contributed by atoms with van der Waals surface area (Å²) in [4.78, 5) is 11.1. The molecule has 2 atom stereocenters. The molecule has 0 aliphatic carbocycles. The molecule has 1 rings (SSSR count). The predicted octanol–water partition coefficient (Wildman–Crippen LogP) is 1.28. The molecule has 1 fully saturated rings. The van der Waals surface area contributed by atoms with E-state index < -0.39 is 0 Å². The van der Waals surface area contributed by atoms with Crippen LogP contribution in [0.1, 0.15) is 20.8 Å². The smallest absolute Gasteiger partial charge is 0.333 e. The first kappa shape index (κ1) is 9.26. The number of epoxide rings is 1. The molecule has 0 N–H and O–H groups in total. The Balaban J connectivity index is 2.41. The average molecular weight is 170 g/mol. The van der Waals surface area contributed by atoms with E-state index in [0.29, 0.717) is 12.2 Å². The minimum Gasteiger partial charge on any atom is -0.456 e. The highest BCUT2D eigenvalue weighted by Crippen LogP contribution is 2.31. The van der Waals surface area contributed by atoms with Crippen molar-refractivity contribution in [1.29, 1.82) is 0 Å². The second kappa shape index (κ2) is 2.90. The van der Waals surface area contributed by atoms with Gasteiger partial charge < -0.3 is 9.47 Å². The molecule has 1 aliphatic rings. The van der Waals surface area contributed by atoms with E-state index in [1.807, 2.05) is 13.8 Å². The van der Waals surface area contributed by atoms with Gasteiger partial charge in [-0.05, 0) is 20.8 Å². The normalized spacial score (nSPS) is 29.2. The standard InChI is InChI=1S/C9H14O3/c1-6(2)8(10)12-7(3)9(4)5-11-9/h7H,1,5H2,2-4H3.